The molecule has 8 heteroatoms. The van der Waals surface area contributed by atoms with Gasteiger partial charge in [-0.25, -0.2) is 14.8 Å². The van der Waals surface area contributed by atoms with Crippen LogP contribution in [0.4, 0.5) is 5.13 Å². The van der Waals surface area contributed by atoms with Gasteiger partial charge in [-0.15, -0.1) is 22.7 Å². The van der Waals surface area contributed by atoms with Crippen molar-refractivity contribution in [3.8, 4) is 0 Å². The standard InChI is InChI=1S/C21H23N3O3S2/c1-12(2)18-17(22-13(3)28-18)19(25)24-21-23-16(20(26)27-4)15(29-21)11-10-14-8-6-5-7-9-14/h5-9,12H,10-11H2,1-4H3,(H,23,24,25). The molecule has 0 spiro atoms. The Balaban J connectivity index is 1.81. The molecule has 0 atom stereocenters. The van der Waals surface area contributed by atoms with Crippen molar-refractivity contribution >= 4 is 39.7 Å². The first-order chi connectivity index (χ1) is 13.9. The van der Waals surface area contributed by atoms with Crippen LogP contribution in [0.25, 0.3) is 0 Å². The van der Waals surface area contributed by atoms with Gasteiger partial charge in [0, 0.05) is 9.75 Å². The molecule has 0 radical (unpaired) electrons. The number of methoxy groups -OCH3 is 1. The van der Waals surface area contributed by atoms with E-state index in [0.29, 0.717) is 17.2 Å². The second kappa shape index (κ2) is 9.28. The van der Waals surface area contributed by atoms with E-state index in [2.05, 4.69) is 15.3 Å². The van der Waals surface area contributed by atoms with Gasteiger partial charge in [-0.1, -0.05) is 44.2 Å². The third-order valence-electron chi connectivity index (χ3n) is 4.28. The van der Waals surface area contributed by atoms with Crippen molar-refractivity contribution in [2.75, 3.05) is 12.4 Å². The zero-order valence-corrected chi connectivity index (χ0v) is 18.4. The fraction of sp³-hybridized carbons (Fsp3) is 0.333. The van der Waals surface area contributed by atoms with E-state index in [4.69, 9.17) is 4.74 Å². The molecule has 0 aliphatic carbocycles. The molecule has 0 bridgehead atoms. The first kappa shape index (κ1) is 21.1. The van der Waals surface area contributed by atoms with Gasteiger partial charge in [0.25, 0.3) is 5.91 Å². The van der Waals surface area contributed by atoms with Crippen LogP contribution in [-0.2, 0) is 17.6 Å². The summed E-state index contributed by atoms with van der Waals surface area (Å²) in [6.07, 6.45) is 1.40. The Kier molecular flexibility index (Phi) is 6.76. The molecule has 2 heterocycles. The summed E-state index contributed by atoms with van der Waals surface area (Å²) in [6, 6.07) is 10.0. The SMILES string of the molecule is COC(=O)c1nc(NC(=O)c2nc(C)sc2C(C)C)sc1CCc1ccccc1. The van der Waals surface area contributed by atoms with E-state index in [9.17, 15) is 9.59 Å². The van der Waals surface area contributed by atoms with E-state index in [1.165, 1.54) is 35.3 Å². The Morgan fingerprint density at radius 3 is 2.45 bits per heavy atom. The van der Waals surface area contributed by atoms with E-state index >= 15 is 0 Å². The van der Waals surface area contributed by atoms with Crippen molar-refractivity contribution in [2.45, 2.75) is 39.5 Å². The molecule has 3 rings (SSSR count). The number of aromatic nitrogens is 2. The largest absolute Gasteiger partial charge is 0.464 e. The number of nitrogens with one attached hydrogen (secondary N) is 1. The quantitative estimate of drug-likeness (QED) is 0.543. The molecule has 152 valence electrons. The van der Waals surface area contributed by atoms with Crippen molar-refractivity contribution in [3.63, 3.8) is 0 Å². The molecule has 0 saturated carbocycles. The molecule has 0 saturated heterocycles. The van der Waals surface area contributed by atoms with Gasteiger partial charge < -0.3 is 4.74 Å². The molecule has 0 unspecified atom stereocenters. The minimum atomic E-state index is -0.503. The molecule has 6 nitrogen and oxygen atoms in total. The number of ether oxygens (including phenoxy) is 1. The van der Waals surface area contributed by atoms with Crippen molar-refractivity contribution < 1.29 is 14.3 Å². The number of carbonyl (C=O) groups excluding carboxylic acids is 2. The van der Waals surface area contributed by atoms with Gasteiger partial charge >= 0.3 is 5.97 Å². The normalized spacial score (nSPS) is 10.9. The van der Waals surface area contributed by atoms with E-state index in [0.717, 1.165) is 21.2 Å². The lowest BCUT2D eigenvalue weighted by Crippen LogP contribution is -2.15. The predicted octanol–water partition coefficient (Wildman–Crippen LogP) is 4.86. The highest BCUT2D eigenvalue weighted by Crippen LogP contribution is 2.29. The molecule has 3 aromatic rings. The van der Waals surface area contributed by atoms with Crippen molar-refractivity contribution in [1.29, 1.82) is 0 Å². The maximum Gasteiger partial charge on any atom is 0.357 e. The Morgan fingerprint density at radius 1 is 1.07 bits per heavy atom. The number of hydrogen-bond donors (Lipinski definition) is 1. The molecular weight excluding hydrogens is 406 g/mol. The van der Waals surface area contributed by atoms with E-state index in [1.54, 1.807) is 0 Å². The summed E-state index contributed by atoms with van der Waals surface area (Å²) in [7, 11) is 1.33. The number of benzene rings is 1. The highest BCUT2D eigenvalue weighted by atomic mass is 32.1. The number of aryl methyl sites for hydroxylation is 3. The molecule has 0 aliphatic heterocycles. The Labute approximate surface area is 178 Å². The van der Waals surface area contributed by atoms with Crippen LogP contribution in [0.2, 0.25) is 0 Å². The minimum Gasteiger partial charge on any atom is -0.464 e. The molecule has 1 amide bonds. The summed E-state index contributed by atoms with van der Waals surface area (Å²) in [5.41, 5.74) is 1.84. The van der Waals surface area contributed by atoms with Crippen LogP contribution in [0.15, 0.2) is 30.3 Å². The Bertz CT molecular complexity index is 1010. The summed E-state index contributed by atoms with van der Waals surface area (Å²) < 4.78 is 4.87. The molecule has 1 N–H and O–H groups in total. The number of amides is 1. The Hall–Kier alpha value is -2.58. The van der Waals surface area contributed by atoms with Crippen LogP contribution in [0, 0.1) is 6.92 Å². The summed E-state index contributed by atoms with van der Waals surface area (Å²) in [6.45, 7) is 5.95. The third kappa shape index (κ3) is 5.07. The van der Waals surface area contributed by atoms with Crippen LogP contribution < -0.4 is 5.32 Å². The summed E-state index contributed by atoms with van der Waals surface area (Å²) >= 11 is 2.82. The van der Waals surface area contributed by atoms with Gasteiger partial charge in [0.1, 0.15) is 5.69 Å². The first-order valence-electron chi connectivity index (χ1n) is 9.29. The molecule has 2 aromatic heterocycles. The van der Waals surface area contributed by atoms with Crippen molar-refractivity contribution in [2.24, 2.45) is 0 Å². The van der Waals surface area contributed by atoms with Gasteiger partial charge in [0.05, 0.1) is 12.1 Å². The highest BCUT2D eigenvalue weighted by molar-refractivity contribution is 7.16. The topological polar surface area (TPSA) is 81.2 Å². The first-order valence-corrected chi connectivity index (χ1v) is 10.9. The highest BCUT2D eigenvalue weighted by Gasteiger charge is 2.23. The molecule has 29 heavy (non-hydrogen) atoms. The predicted molar refractivity (Wildman–Crippen MR) is 116 cm³/mol. The lowest BCUT2D eigenvalue weighted by molar-refractivity contribution is 0.0593. The number of rotatable bonds is 7. The molecule has 1 aromatic carbocycles. The van der Waals surface area contributed by atoms with Crippen LogP contribution in [0.5, 0.6) is 0 Å². The average molecular weight is 430 g/mol. The van der Waals surface area contributed by atoms with Gasteiger partial charge in [0.15, 0.2) is 10.8 Å². The fourth-order valence-electron chi connectivity index (χ4n) is 2.89. The van der Waals surface area contributed by atoms with Gasteiger partial charge in [0.2, 0.25) is 0 Å². The maximum atomic E-state index is 12.8. The second-order valence-corrected chi connectivity index (χ2v) is 9.14. The molecule has 0 aliphatic rings. The number of thiazole rings is 2. The van der Waals surface area contributed by atoms with Crippen molar-refractivity contribution in [3.05, 3.63) is 62.0 Å². The summed E-state index contributed by atoms with van der Waals surface area (Å²) in [5.74, 6) is -0.611. The maximum absolute atomic E-state index is 12.8. The number of esters is 1. The van der Waals surface area contributed by atoms with Gasteiger partial charge in [-0.2, -0.15) is 0 Å². The number of anilines is 1. The summed E-state index contributed by atoms with van der Waals surface area (Å²) in [4.78, 5) is 35.4. The van der Waals surface area contributed by atoms with E-state index < -0.39 is 5.97 Å². The van der Waals surface area contributed by atoms with Crippen LogP contribution >= 0.6 is 22.7 Å². The van der Waals surface area contributed by atoms with E-state index in [-0.39, 0.29) is 17.5 Å². The number of nitrogens with zero attached hydrogens (tertiary/aromatic N) is 2. The lowest BCUT2D eigenvalue weighted by Gasteiger charge is -2.04. The smallest absolute Gasteiger partial charge is 0.357 e. The Morgan fingerprint density at radius 2 is 1.79 bits per heavy atom. The third-order valence-corrected chi connectivity index (χ3v) is 6.58. The summed E-state index contributed by atoms with van der Waals surface area (Å²) in [5, 5.41) is 4.03. The van der Waals surface area contributed by atoms with Crippen LogP contribution in [0.3, 0.4) is 0 Å². The average Bonchev–Trinajstić information content (AvgIpc) is 3.30. The molecular formula is C21H23N3O3S2. The lowest BCUT2D eigenvalue weighted by atomic mass is 10.1. The second-order valence-electron chi connectivity index (χ2n) is 6.82. The zero-order chi connectivity index (χ0) is 21.0. The number of hydrogen-bond acceptors (Lipinski definition) is 7. The van der Waals surface area contributed by atoms with E-state index in [1.807, 2.05) is 51.1 Å². The minimum absolute atomic E-state index is 0.199. The van der Waals surface area contributed by atoms with Gasteiger partial charge in [-0.3, -0.25) is 10.1 Å². The fourth-order valence-corrected chi connectivity index (χ4v) is 4.76. The van der Waals surface area contributed by atoms with Crippen LogP contribution in [0.1, 0.15) is 61.1 Å². The zero-order valence-electron chi connectivity index (χ0n) is 16.8. The number of carbonyl (C=O) groups is 2. The molecule has 0 fully saturated rings. The van der Waals surface area contributed by atoms with Gasteiger partial charge in [-0.05, 0) is 31.2 Å². The monoisotopic (exact) mass is 429 g/mol. The van der Waals surface area contributed by atoms with Crippen LogP contribution in [-0.4, -0.2) is 29.0 Å². The van der Waals surface area contributed by atoms with Crippen molar-refractivity contribution in [1.82, 2.24) is 9.97 Å².